The van der Waals surface area contributed by atoms with Gasteiger partial charge in [-0.05, 0) is 107 Å². The fraction of sp³-hybridized carbons (Fsp3) is 0.612. The molecule has 0 aromatic heterocycles. The molecule has 0 atom stereocenters. The zero-order chi connectivity index (χ0) is 39.3. The highest BCUT2D eigenvalue weighted by Gasteiger charge is 2.22. The van der Waals surface area contributed by atoms with Gasteiger partial charge in [0.05, 0.1) is 38.6 Å². The van der Waals surface area contributed by atoms with E-state index >= 15 is 0 Å². The number of carbonyl (C=O) groups excluding carboxylic acids is 1. The Bertz CT molecular complexity index is 1700. The largest absolute Gasteiger partial charge is 0.493 e. The molecule has 0 saturated heterocycles. The van der Waals surface area contributed by atoms with E-state index in [2.05, 4.69) is 77.9 Å². The molecule has 0 aliphatic heterocycles. The van der Waals surface area contributed by atoms with E-state index in [1.54, 1.807) is 0 Å². The van der Waals surface area contributed by atoms with Crippen molar-refractivity contribution in [2.24, 2.45) is 0 Å². The second-order valence-corrected chi connectivity index (χ2v) is 15.2. The van der Waals surface area contributed by atoms with E-state index in [-0.39, 0.29) is 5.78 Å². The lowest BCUT2D eigenvalue weighted by Gasteiger charge is -2.20. The third-order valence-electron chi connectivity index (χ3n) is 10.5. The molecule has 0 bridgehead atoms. The molecule has 4 rings (SSSR count). The molecule has 0 fully saturated rings. The van der Waals surface area contributed by atoms with Crippen molar-refractivity contribution in [3.05, 3.63) is 42.0 Å². The number of benzene rings is 4. The smallest absolute Gasteiger partial charge is 0.166 e. The van der Waals surface area contributed by atoms with Crippen molar-refractivity contribution in [3.8, 4) is 28.7 Å². The van der Waals surface area contributed by atoms with Gasteiger partial charge in [0.25, 0.3) is 0 Å². The van der Waals surface area contributed by atoms with Gasteiger partial charge in [-0.15, -0.1) is 0 Å². The number of fused-ring (bicyclic) bond motifs is 6. The number of ketones is 1. The van der Waals surface area contributed by atoms with E-state index < -0.39 is 0 Å². The average Bonchev–Trinajstić information content (AvgIpc) is 3.20. The van der Waals surface area contributed by atoms with Crippen molar-refractivity contribution in [1.82, 2.24) is 0 Å². The molecule has 0 N–H and O–H groups in total. The molecule has 304 valence electrons. The Morgan fingerprint density at radius 1 is 0.345 bits per heavy atom. The molecule has 4 aromatic carbocycles. The van der Waals surface area contributed by atoms with Gasteiger partial charge < -0.3 is 23.7 Å². The molecule has 0 aliphatic rings. The first-order chi connectivity index (χ1) is 27.0. The third kappa shape index (κ3) is 12.9. The summed E-state index contributed by atoms with van der Waals surface area (Å²) in [6.07, 6.45) is 19.6. The molecular weight excluding hydrogens is 685 g/mol. The van der Waals surface area contributed by atoms with E-state index in [4.69, 9.17) is 23.7 Å². The molecule has 0 amide bonds. The minimum absolute atomic E-state index is 0.136. The van der Waals surface area contributed by atoms with Gasteiger partial charge in [-0.2, -0.15) is 0 Å². The summed E-state index contributed by atoms with van der Waals surface area (Å²) >= 11 is 0. The van der Waals surface area contributed by atoms with Gasteiger partial charge in [0.1, 0.15) is 5.75 Å². The van der Waals surface area contributed by atoms with E-state index in [1.807, 2.05) is 0 Å². The van der Waals surface area contributed by atoms with Gasteiger partial charge >= 0.3 is 0 Å². The summed E-state index contributed by atoms with van der Waals surface area (Å²) < 4.78 is 32.6. The number of ether oxygens (including phenoxy) is 5. The van der Waals surface area contributed by atoms with E-state index in [9.17, 15) is 4.79 Å². The van der Waals surface area contributed by atoms with E-state index in [0.717, 1.165) is 171 Å². The average molecular weight is 757 g/mol. The van der Waals surface area contributed by atoms with Crippen LogP contribution in [0.5, 0.6) is 28.7 Å². The van der Waals surface area contributed by atoms with Gasteiger partial charge in [0.15, 0.2) is 28.8 Å². The highest BCUT2D eigenvalue weighted by Crippen LogP contribution is 2.46. The number of rotatable bonds is 30. The maximum Gasteiger partial charge on any atom is 0.166 e. The predicted molar refractivity (Wildman–Crippen MR) is 233 cm³/mol. The molecular formula is C49H72O6. The first kappa shape index (κ1) is 44.0. The molecule has 0 heterocycles. The van der Waals surface area contributed by atoms with E-state index in [0.29, 0.717) is 50.8 Å². The van der Waals surface area contributed by atoms with Crippen molar-refractivity contribution in [3.63, 3.8) is 0 Å². The van der Waals surface area contributed by atoms with Crippen molar-refractivity contribution < 1.29 is 28.5 Å². The molecule has 0 spiro atoms. The van der Waals surface area contributed by atoms with Gasteiger partial charge in [-0.1, -0.05) is 119 Å². The van der Waals surface area contributed by atoms with Gasteiger partial charge in [0.2, 0.25) is 0 Å². The number of unbranched alkanes of at least 4 members (excludes halogenated alkanes) is 12. The number of hydrogen-bond donors (Lipinski definition) is 0. The minimum Gasteiger partial charge on any atom is -0.493 e. The van der Waals surface area contributed by atoms with Crippen LogP contribution in [0.2, 0.25) is 0 Å². The maximum absolute atomic E-state index is 14.0. The first-order valence-corrected chi connectivity index (χ1v) is 22.2. The van der Waals surface area contributed by atoms with Gasteiger partial charge in [0, 0.05) is 6.42 Å². The SMILES string of the molecule is CCCCCOc1cc2c3cc(OCCCCC)c(OCCCCC)cc3c3cc(C(=O)CCCCC)c(OCCCCC)cc3c2cc1OCCCCC. The number of hydrogen-bond acceptors (Lipinski definition) is 6. The van der Waals surface area contributed by atoms with Crippen LogP contribution in [-0.2, 0) is 0 Å². The summed E-state index contributed by atoms with van der Waals surface area (Å²) in [5, 5.41) is 6.22. The monoisotopic (exact) mass is 757 g/mol. The second-order valence-electron chi connectivity index (χ2n) is 15.2. The van der Waals surface area contributed by atoms with E-state index in [1.165, 1.54) is 0 Å². The topological polar surface area (TPSA) is 63.2 Å². The summed E-state index contributed by atoms with van der Waals surface area (Å²) in [5.41, 5.74) is 0.665. The lowest BCUT2D eigenvalue weighted by Crippen LogP contribution is -2.07. The maximum atomic E-state index is 14.0. The van der Waals surface area contributed by atoms with Crippen LogP contribution in [0.25, 0.3) is 32.3 Å². The van der Waals surface area contributed by atoms with Crippen molar-refractivity contribution >= 4 is 38.1 Å². The third-order valence-corrected chi connectivity index (χ3v) is 10.5. The van der Waals surface area contributed by atoms with Gasteiger partial charge in [-0.3, -0.25) is 4.79 Å². The fourth-order valence-electron chi connectivity index (χ4n) is 7.17. The van der Waals surface area contributed by atoms with Crippen LogP contribution < -0.4 is 23.7 Å². The van der Waals surface area contributed by atoms with Crippen LogP contribution in [0, 0.1) is 0 Å². The Morgan fingerprint density at radius 3 is 0.909 bits per heavy atom. The molecule has 6 heteroatoms. The first-order valence-electron chi connectivity index (χ1n) is 22.2. The molecule has 0 unspecified atom stereocenters. The lowest BCUT2D eigenvalue weighted by atomic mass is 9.90. The molecule has 0 saturated carbocycles. The Labute approximate surface area is 333 Å². The van der Waals surface area contributed by atoms with Crippen LogP contribution in [-0.4, -0.2) is 38.8 Å². The summed E-state index contributed by atoms with van der Waals surface area (Å²) in [7, 11) is 0. The zero-order valence-corrected chi connectivity index (χ0v) is 35.4. The Kier molecular flexibility index (Phi) is 19.8. The Morgan fingerprint density at radius 2 is 0.600 bits per heavy atom. The van der Waals surface area contributed by atoms with Crippen molar-refractivity contribution in [1.29, 1.82) is 0 Å². The summed E-state index contributed by atoms with van der Waals surface area (Å²) in [4.78, 5) is 14.0. The van der Waals surface area contributed by atoms with Crippen LogP contribution >= 0.6 is 0 Å². The van der Waals surface area contributed by atoms with Crippen molar-refractivity contribution in [2.75, 3.05) is 33.0 Å². The van der Waals surface area contributed by atoms with Crippen LogP contribution in [0.4, 0.5) is 0 Å². The molecule has 6 nitrogen and oxygen atoms in total. The molecule has 0 aliphatic carbocycles. The zero-order valence-electron chi connectivity index (χ0n) is 35.4. The molecule has 55 heavy (non-hydrogen) atoms. The fourth-order valence-corrected chi connectivity index (χ4v) is 7.17. The van der Waals surface area contributed by atoms with Crippen LogP contribution in [0.1, 0.15) is 174 Å². The predicted octanol–water partition coefficient (Wildman–Crippen LogP) is 14.8. The standard InChI is InChI=1S/C49H72O6/c1-7-13-19-25-44(50)43-31-37-38(32-45(43)51-26-20-14-8-2)40-34-47(53-28-22-16-10-4)49(55-30-24-18-12-6)36-42(40)41-35-48(54-29-23-17-11-5)46(33-39(37)41)52-27-21-15-9-3/h31-36H,7-30H2,1-6H3. The Hall–Kier alpha value is -3.67. The Balaban J connectivity index is 2.03. The van der Waals surface area contributed by atoms with Gasteiger partial charge in [-0.25, -0.2) is 0 Å². The minimum atomic E-state index is 0.136. The quantitative estimate of drug-likeness (QED) is 0.0300. The molecule has 0 radical (unpaired) electrons. The lowest BCUT2D eigenvalue weighted by molar-refractivity contribution is 0.0975. The van der Waals surface area contributed by atoms with Crippen LogP contribution in [0.15, 0.2) is 36.4 Å². The highest BCUT2D eigenvalue weighted by atomic mass is 16.5. The number of carbonyl (C=O) groups is 1. The number of Topliss-reactive ketones (excluding diaryl/α,β-unsaturated/α-hetero) is 1. The summed E-state index contributed by atoms with van der Waals surface area (Å²) in [5.74, 6) is 3.85. The second kappa shape index (κ2) is 24.8. The summed E-state index contributed by atoms with van der Waals surface area (Å²) in [6.45, 7) is 16.3. The highest BCUT2D eigenvalue weighted by molar-refractivity contribution is 6.27. The molecule has 4 aromatic rings. The summed E-state index contributed by atoms with van der Waals surface area (Å²) in [6, 6.07) is 12.9. The van der Waals surface area contributed by atoms with Crippen molar-refractivity contribution in [2.45, 2.75) is 164 Å². The van der Waals surface area contributed by atoms with Crippen LogP contribution in [0.3, 0.4) is 0 Å². The normalized spacial score (nSPS) is 11.5.